The fraction of sp³-hybridized carbons (Fsp3) is 0.294. The number of fused-ring (bicyclic) bond motifs is 1. The van der Waals surface area contributed by atoms with E-state index in [9.17, 15) is 10.2 Å². The highest BCUT2D eigenvalue weighted by molar-refractivity contribution is 5.50. The normalized spacial score (nSPS) is 20.0. The second-order valence-electron chi connectivity index (χ2n) is 5.25. The quantitative estimate of drug-likeness (QED) is 0.911. The standard InChI is InChI=1S/C17H18O4/c1-10-4-3-5-14-16(10)12(9-18)17(21-14)11-6-7-13(19)15(8-11)20-2/h3-8,12,17-19H,9H2,1-2H3/t12?,17-/m0/s1. The topological polar surface area (TPSA) is 58.9 Å². The summed E-state index contributed by atoms with van der Waals surface area (Å²) < 4.78 is 11.2. The number of hydrogen-bond acceptors (Lipinski definition) is 4. The van der Waals surface area contributed by atoms with Crippen molar-refractivity contribution in [3.8, 4) is 17.2 Å². The number of hydrogen-bond donors (Lipinski definition) is 2. The molecule has 1 aliphatic heterocycles. The molecule has 0 saturated carbocycles. The summed E-state index contributed by atoms with van der Waals surface area (Å²) in [5, 5.41) is 19.5. The number of methoxy groups -OCH3 is 1. The first-order chi connectivity index (χ1) is 10.2. The van der Waals surface area contributed by atoms with Gasteiger partial charge in [-0.2, -0.15) is 0 Å². The van der Waals surface area contributed by atoms with Gasteiger partial charge in [0.1, 0.15) is 11.9 Å². The lowest BCUT2D eigenvalue weighted by Crippen LogP contribution is -2.13. The van der Waals surface area contributed by atoms with E-state index < -0.39 is 0 Å². The van der Waals surface area contributed by atoms with E-state index in [0.29, 0.717) is 5.75 Å². The largest absolute Gasteiger partial charge is 0.504 e. The van der Waals surface area contributed by atoms with Gasteiger partial charge in [0, 0.05) is 5.56 Å². The number of aliphatic hydroxyl groups excluding tert-OH is 1. The molecule has 1 aliphatic rings. The summed E-state index contributed by atoms with van der Waals surface area (Å²) in [5.41, 5.74) is 3.04. The van der Waals surface area contributed by atoms with Crippen LogP contribution in [0.25, 0.3) is 0 Å². The summed E-state index contributed by atoms with van der Waals surface area (Å²) >= 11 is 0. The molecular weight excluding hydrogens is 268 g/mol. The molecule has 0 radical (unpaired) electrons. The monoisotopic (exact) mass is 286 g/mol. The van der Waals surface area contributed by atoms with Crippen LogP contribution in [-0.2, 0) is 0 Å². The van der Waals surface area contributed by atoms with Crippen LogP contribution in [0.2, 0.25) is 0 Å². The van der Waals surface area contributed by atoms with Crippen molar-refractivity contribution in [1.29, 1.82) is 0 Å². The van der Waals surface area contributed by atoms with Gasteiger partial charge in [0.2, 0.25) is 0 Å². The third-order valence-electron chi connectivity index (χ3n) is 4.00. The van der Waals surface area contributed by atoms with E-state index in [1.165, 1.54) is 7.11 Å². The Kier molecular flexibility index (Phi) is 3.47. The molecule has 21 heavy (non-hydrogen) atoms. The van der Waals surface area contributed by atoms with Gasteiger partial charge in [0.15, 0.2) is 11.5 Å². The second kappa shape index (κ2) is 5.30. The summed E-state index contributed by atoms with van der Waals surface area (Å²) in [6.07, 6.45) is -0.277. The third-order valence-corrected chi connectivity index (χ3v) is 4.00. The lowest BCUT2D eigenvalue weighted by atomic mass is 9.89. The summed E-state index contributed by atoms with van der Waals surface area (Å²) in [7, 11) is 1.51. The van der Waals surface area contributed by atoms with Gasteiger partial charge in [-0.3, -0.25) is 0 Å². The Hall–Kier alpha value is -2.20. The molecule has 0 aliphatic carbocycles. The Balaban J connectivity index is 2.03. The fourth-order valence-corrected chi connectivity index (χ4v) is 2.96. The van der Waals surface area contributed by atoms with E-state index in [1.807, 2.05) is 25.1 Å². The van der Waals surface area contributed by atoms with Crippen molar-refractivity contribution in [2.45, 2.75) is 18.9 Å². The Morgan fingerprint density at radius 1 is 1.24 bits per heavy atom. The van der Waals surface area contributed by atoms with E-state index in [1.54, 1.807) is 18.2 Å². The SMILES string of the molecule is COc1cc([C@@H]2Oc3cccc(C)c3C2CO)ccc1O. The second-order valence-corrected chi connectivity index (χ2v) is 5.25. The van der Waals surface area contributed by atoms with Crippen LogP contribution in [0.15, 0.2) is 36.4 Å². The van der Waals surface area contributed by atoms with Crippen LogP contribution in [0.5, 0.6) is 17.2 Å². The van der Waals surface area contributed by atoms with E-state index >= 15 is 0 Å². The number of aryl methyl sites for hydroxylation is 1. The zero-order chi connectivity index (χ0) is 15.0. The van der Waals surface area contributed by atoms with E-state index in [-0.39, 0.29) is 24.4 Å². The molecule has 110 valence electrons. The molecule has 0 saturated heterocycles. The minimum atomic E-state index is -0.277. The minimum Gasteiger partial charge on any atom is -0.504 e. The highest BCUT2D eigenvalue weighted by Gasteiger charge is 2.36. The number of aromatic hydroxyl groups is 1. The Labute approximate surface area is 123 Å². The van der Waals surface area contributed by atoms with Crippen molar-refractivity contribution in [1.82, 2.24) is 0 Å². The number of rotatable bonds is 3. The van der Waals surface area contributed by atoms with E-state index in [4.69, 9.17) is 9.47 Å². The molecular formula is C17H18O4. The van der Waals surface area contributed by atoms with Crippen LogP contribution in [0.3, 0.4) is 0 Å². The maximum atomic E-state index is 9.79. The first-order valence-electron chi connectivity index (χ1n) is 6.89. The summed E-state index contributed by atoms with van der Waals surface area (Å²) in [6.45, 7) is 2.02. The maximum Gasteiger partial charge on any atom is 0.160 e. The number of aliphatic hydroxyl groups is 1. The molecule has 0 amide bonds. The number of ether oxygens (including phenoxy) is 2. The molecule has 0 bridgehead atoms. The van der Waals surface area contributed by atoms with Crippen LogP contribution in [0.1, 0.15) is 28.7 Å². The molecule has 3 rings (SSSR count). The Morgan fingerprint density at radius 2 is 2.05 bits per heavy atom. The maximum absolute atomic E-state index is 9.79. The Bertz CT molecular complexity index is 666. The van der Waals surface area contributed by atoms with Crippen LogP contribution >= 0.6 is 0 Å². The third kappa shape index (κ3) is 2.21. The van der Waals surface area contributed by atoms with Crippen LogP contribution in [0, 0.1) is 6.92 Å². The van der Waals surface area contributed by atoms with Crippen molar-refractivity contribution < 1.29 is 19.7 Å². The molecule has 2 N–H and O–H groups in total. The molecule has 0 aromatic heterocycles. The minimum absolute atomic E-state index is 0.00567. The van der Waals surface area contributed by atoms with Gasteiger partial charge in [0.05, 0.1) is 19.6 Å². The number of phenols is 1. The molecule has 4 nitrogen and oxygen atoms in total. The molecule has 1 heterocycles. The molecule has 1 unspecified atom stereocenters. The molecule has 0 fully saturated rings. The van der Waals surface area contributed by atoms with Crippen LogP contribution in [0.4, 0.5) is 0 Å². The summed E-state index contributed by atoms with van der Waals surface area (Å²) in [4.78, 5) is 0. The zero-order valence-corrected chi connectivity index (χ0v) is 12.0. The number of benzene rings is 2. The average molecular weight is 286 g/mol. The summed E-state index contributed by atoms with van der Waals surface area (Å²) in [5.74, 6) is 1.19. The highest BCUT2D eigenvalue weighted by atomic mass is 16.5. The van der Waals surface area contributed by atoms with E-state index in [0.717, 1.165) is 22.4 Å². The zero-order valence-electron chi connectivity index (χ0n) is 12.0. The van der Waals surface area contributed by atoms with Gasteiger partial charge >= 0.3 is 0 Å². The lowest BCUT2D eigenvalue weighted by molar-refractivity contribution is 0.159. The lowest BCUT2D eigenvalue weighted by Gasteiger charge is -2.19. The van der Waals surface area contributed by atoms with Crippen molar-refractivity contribution in [3.05, 3.63) is 53.1 Å². The van der Waals surface area contributed by atoms with Crippen molar-refractivity contribution >= 4 is 0 Å². The molecule has 2 atom stereocenters. The van der Waals surface area contributed by atoms with Gasteiger partial charge in [-0.25, -0.2) is 0 Å². The van der Waals surface area contributed by atoms with Gasteiger partial charge in [-0.1, -0.05) is 18.2 Å². The summed E-state index contributed by atoms with van der Waals surface area (Å²) in [6, 6.07) is 11.0. The van der Waals surface area contributed by atoms with Crippen molar-refractivity contribution in [2.24, 2.45) is 0 Å². The Morgan fingerprint density at radius 3 is 2.76 bits per heavy atom. The van der Waals surface area contributed by atoms with Crippen molar-refractivity contribution in [2.75, 3.05) is 13.7 Å². The van der Waals surface area contributed by atoms with Gasteiger partial charge < -0.3 is 19.7 Å². The molecule has 2 aromatic carbocycles. The first kappa shape index (κ1) is 13.8. The van der Waals surface area contributed by atoms with Crippen molar-refractivity contribution in [3.63, 3.8) is 0 Å². The van der Waals surface area contributed by atoms with Gasteiger partial charge in [0.25, 0.3) is 0 Å². The number of phenolic OH excluding ortho intramolecular Hbond substituents is 1. The smallest absolute Gasteiger partial charge is 0.160 e. The van der Waals surface area contributed by atoms with Crippen LogP contribution < -0.4 is 9.47 Å². The first-order valence-corrected chi connectivity index (χ1v) is 6.89. The predicted molar refractivity (Wildman–Crippen MR) is 79.0 cm³/mol. The highest BCUT2D eigenvalue weighted by Crippen LogP contribution is 2.48. The van der Waals surface area contributed by atoms with E-state index in [2.05, 4.69) is 0 Å². The average Bonchev–Trinajstić information content (AvgIpc) is 2.87. The fourth-order valence-electron chi connectivity index (χ4n) is 2.96. The predicted octanol–water partition coefficient (Wildman–Crippen LogP) is 2.92. The van der Waals surface area contributed by atoms with Gasteiger partial charge in [-0.05, 0) is 36.2 Å². The molecule has 0 spiro atoms. The molecule has 2 aromatic rings. The van der Waals surface area contributed by atoms with Crippen LogP contribution in [-0.4, -0.2) is 23.9 Å². The molecule has 4 heteroatoms. The van der Waals surface area contributed by atoms with Gasteiger partial charge in [-0.15, -0.1) is 0 Å².